The molecule has 0 aliphatic rings. The van der Waals surface area contributed by atoms with E-state index in [0.29, 0.717) is 11.7 Å². The van der Waals surface area contributed by atoms with Crippen molar-refractivity contribution in [3.63, 3.8) is 0 Å². The maximum Gasteiger partial charge on any atom is 0.206 e. The van der Waals surface area contributed by atoms with Crippen molar-refractivity contribution >= 4 is 16.5 Å². The zero-order valence-electron chi connectivity index (χ0n) is 12.1. The molecule has 2 rings (SSSR count). The van der Waals surface area contributed by atoms with Crippen LogP contribution in [0.2, 0.25) is 0 Å². The number of hydrogen-bond acceptors (Lipinski definition) is 5. The van der Waals surface area contributed by atoms with Crippen LogP contribution in [-0.2, 0) is 6.42 Å². The minimum absolute atomic E-state index is 0.190. The van der Waals surface area contributed by atoms with E-state index in [1.54, 1.807) is 23.5 Å². The number of benzene rings is 1. The second-order valence-corrected chi connectivity index (χ2v) is 6.36. The van der Waals surface area contributed by atoms with Gasteiger partial charge in [0.05, 0.1) is 6.04 Å². The summed E-state index contributed by atoms with van der Waals surface area (Å²) in [6, 6.07) is 7.49. The first kappa shape index (κ1) is 14.8. The Bertz CT molecular complexity index is 536. The molecule has 0 saturated carbocycles. The molecule has 1 aromatic carbocycles. The number of phenols is 1. The molecule has 0 spiro atoms. The van der Waals surface area contributed by atoms with Gasteiger partial charge in [0.1, 0.15) is 10.8 Å². The minimum Gasteiger partial charge on any atom is -0.508 e. The lowest BCUT2D eigenvalue weighted by molar-refractivity contribution is 0.475. The fraction of sp³-hybridized carbons (Fsp3) is 0.467. The highest BCUT2D eigenvalue weighted by molar-refractivity contribution is 7.15. The zero-order valence-corrected chi connectivity index (χ0v) is 12.9. The second-order valence-electron chi connectivity index (χ2n) is 5.30. The SMILES string of the molecule is CCC(Nc1nnc(CC(C)C)s1)c1ccc(O)cc1. The number of hydrogen-bond donors (Lipinski definition) is 2. The molecule has 2 aromatic rings. The fourth-order valence-corrected chi connectivity index (χ4v) is 3.02. The maximum absolute atomic E-state index is 9.35. The third-order valence-electron chi connectivity index (χ3n) is 3.05. The molecule has 5 heteroatoms. The van der Waals surface area contributed by atoms with Crippen LogP contribution in [0.15, 0.2) is 24.3 Å². The lowest BCUT2D eigenvalue weighted by Gasteiger charge is -2.16. The molecule has 0 amide bonds. The molecule has 2 N–H and O–H groups in total. The average Bonchev–Trinajstić information content (AvgIpc) is 2.83. The van der Waals surface area contributed by atoms with Gasteiger partial charge >= 0.3 is 0 Å². The standard InChI is InChI=1S/C15H21N3OS/c1-4-13(11-5-7-12(19)8-6-11)16-15-18-17-14(20-15)9-10(2)3/h5-8,10,13,19H,4,9H2,1-3H3,(H,16,18). The third-order valence-corrected chi connectivity index (χ3v) is 3.93. The van der Waals surface area contributed by atoms with Gasteiger partial charge in [0.15, 0.2) is 0 Å². The molecule has 0 radical (unpaired) electrons. The number of anilines is 1. The second kappa shape index (κ2) is 6.70. The normalized spacial score (nSPS) is 12.6. The summed E-state index contributed by atoms with van der Waals surface area (Å²) in [6.07, 6.45) is 1.92. The number of phenolic OH excluding ortho intramolecular Hbond substituents is 1. The molecule has 0 bridgehead atoms. The predicted octanol–water partition coefficient (Wildman–Crippen LogP) is 4.01. The summed E-state index contributed by atoms with van der Waals surface area (Å²) in [6.45, 7) is 6.49. The van der Waals surface area contributed by atoms with Crippen molar-refractivity contribution in [2.45, 2.75) is 39.7 Å². The quantitative estimate of drug-likeness (QED) is 0.844. The van der Waals surface area contributed by atoms with Crippen LogP contribution in [0, 0.1) is 5.92 Å². The monoisotopic (exact) mass is 291 g/mol. The fourth-order valence-electron chi connectivity index (χ4n) is 2.02. The number of nitrogens with zero attached hydrogens (tertiary/aromatic N) is 2. The van der Waals surface area contributed by atoms with Crippen molar-refractivity contribution in [2.24, 2.45) is 5.92 Å². The van der Waals surface area contributed by atoms with Gasteiger partial charge < -0.3 is 10.4 Å². The first-order valence-electron chi connectivity index (χ1n) is 6.96. The summed E-state index contributed by atoms with van der Waals surface area (Å²) in [4.78, 5) is 0. The predicted molar refractivity (Wildman–Crippen MR) is 83.2 cm³/mol. The van der Waals surface area contributed by atoms with Gasteiger partial charge in [-0.25, -0.2) is 0 Å². The third kappa shape index (κ3) is 3.93. The number of aromatic hydroxyl groups is 1. The molecule has 20 heavy (non-hydrogen) atoms. The van der Waals surface area contributed by atoms with Crippen molar-refractivity contribution < 1.29 is 5.11 Å². The molecular formula is C15H21N3OS. The van der Waals surface area contributed by atoms with Gasteiger partial charge in [0.25, 0.3) is 0 Å². The van der Waals surface area contributed by atoms with Gasteiger partial charge in [-0.05, 0) is 30.0 Å². The van der Waals surface area contributed by atoms with E-state index in [4.69, 9.17) is 0 Å². The molecule has 0 fully saturated rings. The maximum atomic E-state index is 9.35. The average molecular weight is 291 g/mol. The minimum atomic E-state index is 0.190. The Labute approximate surface area is 123 Å². The summed E-state index contributed by atoms with van der Waals surface area (Å²) >= 11 is 1.62. The van der Waals surface area contributed by atoms with Crippen LogP contribution in [-0.4, -0.2) is 15.3 Å². The van der Waals surface area contributed by atoms with Crippen molar-refractivity contribution in [1.82, 2.24) is 10.2 Å². The van der Waals surface area contributed by atoms with Crippen molar-refractivity contribution in [3.8, 4) is 5.75 Å². The number of aromatic nitrogens is 2. The van der Waals surface area contributed by atoms with Crippen LogP contribution in [0.1, 0.15) is 43.8 Å². The molecule has 4 nitrogen and oxygen atoms in total. The summed E-state index contributed by atoms with van der Waals surface area (Å²) in [5.41, 5.74) is 1.14. The van der Waals surface area contributed by atoms with E-state index in [0.717, 1.165) is 28.5 Å². The van der Waals surface area contributed by atoms with E-state index >= 15 is 0 Å². The molecule has 1 unspecified atom stereocenters. The topological polar surface area (TPSA) is 58.0 Å². The Morgan fingerprint density at radius 1 is 1.20 bits per heavy atom. The van der Waals surface area contributed by atoms with E-state index < -0.39 is 0 Å². The van der Waals surface area contributed by atoms with Crippen molar-refractivity contribution in [1.29, 1.82) is 0 Å². The summed E-state index contributed by atoms with van der Waals surface area (Å²) in [5.74, 6) is 0.883. The van der Waals surface area contributed by atoms with Crippen LogP contribution >= 0.6 is 11.3 Å². The first-order valence-corrected chi connectivity index (χ1v) is 7.78. The molecular weight excluding hydrogens is 270 g/mol. The van der Waals surface area contributed by atoms with Gasteiger partial charge in [-0.3, -0.25) is 0 Å². The molecule has 1 atom stereocenters. The Morgan fingerprint density at radius 3 is 2.50 bits per heavy atom. The van der Waals surface area contributed by atoms with E-state index in [1.165, 1.54) is 0 Å². The highest BCUT2D eigenvalue weighted by atomic mass is 32.1. The largest absolute Gasteiger partial charge is 0.508 e. The van der Waals surface area contributed by atoms with Crippen LogP contribution in [0.3, 0.4) is 0 Å². The van der Waals surface area contributed by atoms with Gasteiger partial charge in [-0.2, -0.15) is 0 Å². The molecule has 1 heterocycles. The van der Waals surface area contributed by atoms with Crippen LogP contribution in [0.4, 0.5) is 5.13 Å². The van der Waals surface area contributed by atoms with E-state index in [-0.39, 0.29) is 6.04 Å². The first-order chi connectivity index (χ1) is 9.58. The van der Waals surface area contributed by atoms with Gasteiger partial charge in [0.2, 0.25) is 5.13 Å². The Hall–Kier alpha value is -1.62. The van der Waals surface area contributed by atoms with Gasteiger partial charge in [-0.15, -0.1) is 10.2 Å². The Balaban J connectivity index is 2.06. The Kier molecular flexibility index (Phi) is 4.95. The summed E-state index contributed by atoms with van der Waals surface area (Å²) in [7, 11) is 0. The zero-order chi connectivity index (χ0) is 14.5. The van der Waals surface area contributed by atoms with E-state index in [9.17, 15) is 5.11 Å². The van der Waals surface area contributed by atoms with Gasteiger partial charge in [0, 0.05) is 6.42 Å². The van der Waals surface area contributed by atoms with Crippen LogP contribution < -0.4 is 5.32 Å². The lowest BCUT2D eigenvalue weighted by atomic mass is 10.0. The smallest absolute Gasteiger partial charge is 0.206 e. The van der Waals surface area contributed by atoms with Crippen molar-refractivity contribution in [2.75, 3.05) is 5.32 Å². The van der Waals surface area contributed by atoms with Crippen molar-refractivity contribution in [3.05, 3.63) is 34.8 Å². The lowest BCUT2D eigenvalue weighted by Crippen LogP contribution is -2.09. The Morgan fingerprint density at radius 2 is 1.90 bits per heavy atom. The number of nitrogens with one attached hydrogen (secondary N) is 1. The van der Waals surface area contributed by atoms with Crippen LogP contribution in [0.5, 0.6) is 5.75 Å². The summed E-state index contributed by atoms with van der Waals surface area (Å²) < 4.78 is 0. The molecule has 0 aliphatic carbocycles. The van der Waals surface area contributed by atoms with E-state index in [2.05, 4.69) is 36.3 Å². The highest BCUT2D eigenvalue weighted by Crippen LogP contribution is 2.26. The van der Waals surface area contributed by atoms with Gasteiger partial charge in [-0.1, -0.05) is 44.2 Å². The van der Waals surface area contributed by atoms with Crippen LogP contribution in [0.25, 0.3) is 0 Å². The highest BCUT2D eigenvalue weighted by Gasteiger charge is 2.12. The number of rotatable bonds is 6. The molecule has 0 saturated heterocycles. The molecule has 1 aromatic heterocycles. The summed E-state index contributed by atoms with van der Waals surface area (Å²) in [5, 5.41) is 23.1. The van der Waals surface area contributed by atoms with E-state index in [1.807, 2.05) is 12.1 Å². The molecule has 0 aliphatic heterocycles. The molecule has 108 valence electrons.